The van der Waals surface area contributed by atoms with Gasteiger partial charge in [-0.3, -0.25) is 19.3 Å². The molecule has 1 heterocycles. The molecule has 1 aliphatic heterocycles. The van der Waals surface area contributed by atoms with Crippen molar-refractivity contribution in [2.24, 2.45) is 0 Å². The predicted molar refractivity (Wildman–Crippen MR) is 84.6 cm³/mol. The molecular weight excluding hydrogens is 330 g/mol. The molecule has 128 valence electrons. The SMILES string of the molecule is O=C(CCN1C(=O)c2cccc(F)c2C1=O)NCc1ccc(F)cc1. The van der Waals surface area contributed by atoms with Gasteiger partial charge >= 0.3 is 0 Å². The Morgan fingerprint density at radius 2 is 1.72 bits per heavy atom. The van der Waals surface area contributed by atoms with Crippen LogP contribution in [0.25, 0.3) is 0 Å². The topological polar surface area (TPSA) is 66.5 Å². The first-order valence-corrected chi connectivity index (χ1v) is 7.63. The number of carbonyl (C=O) groups excluding carboxylic acids is 3. The molecule has 0 saturated heterocycles. The van der Waals surface area contributed by atoms with Gasteiger partial charge in [-0.1, -0.05) is 18.2 Å². The first-order chi connectivity index (χ1) is 12.0. The Hall–Kier alpha value is -3.09. The van der Waals surface area contributed by atoms with Crippen LogP contribution < -0.4 is 5.32 Å². The molecule has 0 spiro atoms. The van der Waals surface area contributed by atoms with Gasteiger partial charge in [-0.15, -0.1) is 0 Å². The third-order valence-electron chi connectivity index (χ3n) is 3.91. The molecule has 0 bridgehead atoms. The maximum Gasteiger partial charge on any atom is 0.264 e. The van der Waals surface area contributed by atoms with Crippen molar-refractivity contribution in [2.75, 3.05) is 6.54 Å². The Kier molecular flexibility index (Phi) is 4.56. The summed E-state index contributed by atoms with van der Waals surface area (Å²) < 4.78 is 26.5. The zero-order valence-corrected chi connectivity index (χ0v) is 13.1. The fourth-order valence-electron chi connectivity index (χ4n) is 2.60. The average molecular weight is 344 g/mol. The number of imide groups is 1. The van der Waals surface area contributed by atoms with Crippen molar-refractivity contribution in [1.82, 2.24) is 10.2 Å². The largest absolute Gasteiger partial charge is 0.352 e. The lowest BCUT2D eigenvalue weighted by molar-refractivity contribution is -0.121. The van der Waals surface area contributed by atoms with E-state index in [0.717, 1.165) is 16.5 Å². The van der Waals surface area contributed by atoms with E-state index < -0.39 is 17.6 Å². The monoisotopic (exact) mass is 344 g/mol. The standard InChI is InChI=1S/C18H14F2N2O3/c19-12-6-4-11(5-7-12)10-21-15(23)8-9-22-17(24)13-2-1-3-14(20)16(13)18(22)25/h1-7H,8-10H2,(H,21,23). The number of nitrogens with one attached hydrogen (secondary N) is 1. The molecule has 0 aliphatic carbocycles. The second-order valence-corrected chi connectivity index (χ2v) is 5.58. The molecule has 5 nitrogen and oxygen atoms in total. The van der Waals surface area contributed by atoms with Gasteiger partial charge < -0.3 is 5.32 Å². The molecule has 2 aromatic carbocycles. The van der Waals surface area contributed by atoms with Crippen molar-refractivity contribution >= 4 is 17.7 Å². The van der Waals surface area contributed by atoms with Crippen LogP contribution in [0.15, 0.2) is 42.5 Å². The molecule has 0 fully saturated rings. The highest BCUT2D eigenvalue weighted by atomic mass is 19.1. The number of carbonyl (C=O) groups is 3. The van der Waals surface area contributed by atoms with E-state index in [2.05, 4.69) is 5.32 Å². The maximum atomic E-state index is 13.7. The third kappa shape index (κ3) is 3.40. The van der Waals surface area contributed by atoms with Gasteiger partial charge in [0, 0.05) is 19.5 Å². The van der Waals surface area contributed by atoms with E-state index in [1.54, 1.807) is 12.1 Å². The fraction of sp³-hybridized carbons (Fsp3) is 0.167. The molecule has 3 rings (SSSR count). The Bertz CT molecular complexity index is 850. The Morgan fingerprint density at radius 3 is 2.40 bits per heavy atom. The molecular formula is C18H14F2N2O3. The van der Waals surface area contributed by atoms with Gasteiger partial charge in [-0.25, -0.2) is 8.78 Å². The maximum absolute atomic E-state index is 13.7. The van der Waals surface area contributed by atoms with Crippen molar-refractivity contribution < 1.29 is 23.2 Å². The normalized spacial score (nSPS) is 13.1. The smallest absolute Gasteiger partial charge is 0.264 e. The lowest BCUT2D eigenvalue weighted by Gasteiger charge is -2.13. The van der Waals surface area contributed by atoms with Crippen LogP contribution >= 0.6 is 0 Å². The van der Waals surface area contributed by atoms with Crippen molar-refractivity contribution in [2.45, 2.75) is 13.0 Å². The number of amides is 3. The first-order valence-electron chi connectivity index (χ1n) is 7.63. The summed E-state index contributed by atoms with van der Waals surface area (Å²) in [6, 6.07) is 9.52. The summed E-state index contributed by atoms with van der Waals surface area (Å²) in [6.07, 6.45) is -0.103. The van der Waals surface area contributed by atoms with Gasteiger partial charge in [-0.05, 0) is 29.8 Å². The number of halogens is 2. The predicted octanol–water partition coefficient (Wildman–Crippen LogP) is 2.27. The highest BCUT2D eigenvalue weighted by molar-refractivity contribution is 6.21. The van der Waals surface area contributed by atoms with Crippen molar-refractivity contribution in [3.63, 3.8) is 0 Å². The molecule has 2 aromatic rings. The van der Waals surface area contributed by atoms with E-state index in [1.165, 1.54) is 24.3 Å². The van der Waals surface area contributed by atoms with Crippen LogP contribution in [0.4, 0.5) is 8.78 Å². The molecule has 0 atom stereocenters. The zero-order chi connectivity index (χ0) is 18.0. The highest BCUT2D eigenvalue weighted by Crippen LogP contribution is 2.25. The zero-order valence-electron chi connectivity index (χ0n) is 13.1. The van der Waals surface area contributed by atoms with E-state index in [9.17, 15) is 23.2 Å². The summed E-state index contributed by atoms with van der Waals surface area (Å²) in [4.78, 5) is 37.1. The number of hydrogen-bond acceptors (Lipinski definition) is 3. The van der Waals surface area contributed by atoms with Gasteiger partial charge in [0.25, 0.3) is 11.8 Å². The highest BCUT2D eigenvalue weighted by Gasteiger charge is 2.37. The van der Waals surface area contributed by atoms with Crippen LogP contribution in [0.3, 0.4) is 0 Å². The first kappa shape index (κ1) is 16.8. The van der Waals surface area contributed by atoms with Crippen LogP contribution in [0.5, 0.6) is 0 Å². The molecule has 0 saturated carbocycles. The molecule has 3 amide bonds. The Labute approximate surface area is 142 Å². The van der Waals surface area contributed by atoms with Gasteiger partial charge in [0.05, 0.1) is 11.1 Å². The summed E-state index contributed by atoms with van der Waals surface area (Å²) in [6.45, 7) is 0.0664. The van der Waals surface area contributed by atoms with E-state index in [1.807, 2.05) is 0 Å². The van der Waals surface area contributed by atoms with E-state index >= 15 is 0 Å². The second-order valence-electron chi connectivity index (χ2n) is 5.58. The third-order valence-corrected chi connectivity index (χ3v) is 3.91. The van der Waals surface area contributed by atoms with Crippen LogP contribution in [-0.4, -0.2) is 29.2 Å². The Balaban J connectivity index is 1.56. The number of nitrogens with zero attached hydrogens (tertiary/aromatic N) is 1. The molecule has 0 radical (unpaired) electrons. The van der Waals surface area contributed by atoms with Crippen molar-refractivity contribution in [1.29, 1.82) is 0 Å². The van der Waals surface area contributed by atoms with Crippen molar-refractivity contribution in [3.05, 3.63) is 70.8 Å². The van der Waals surface area contributed by atoms with Crippen LogP contribution in [0, 0.1) is 11.6 Å². The minimum atomic E-state index is -0.751. The number of hydrogen-bond donors (Lipinski definition) is 1. The quantitative estimate of drug-likeness (QED) is 0.846. The lowest BCUT2D eigenvalue weighted by Crippen LogP contribution is -2.34. The number of benzene rings is 2. The van der Waals surface area contributed by atoms with Crippen LogP contribution in [-0.2, 0) is 11.3 Å². The minimum absolute atomic E-state index is 0.0109. The van der Waals surface area contributed by atoms with E-state index in [-0.39, 0.29) is 42.4 Å². The van der Waals surface area contributed by atoms with E-state index in [4.69, 9.17) is 0 Å². The van der Waals surface area contributed by atoms with Gasteiger partial charge in [0.15, 0.2) is 0 Å². The molecule has 1 N–H and O–H groups in total. The number of fused-ring (bicyclic) bond motifs is 1. The summed E-state index contributed by atoms with van der Waals surface area (Å²) >= 11 is 0. The molecule has 25 heavy (non-hydrogen) atoms. The summed E-state index contributed by atoms with van der Waals surface area (Å²) in [5.41, 5.74) is 0.480. The second kappa shape index (κ2) is 6.80. The number of rotatable bonds is 5. The van der Waals surface area contributed by atoms with Crippen LogP contribution in [0.2, 0.25) is 0 Å². The molecule has 0 aromatic heterocycles. The fourth-order valence-corrected chi connectivity index (χ4v) is 2.60. The molecule has 7 heteroatoms. The molecule has 0 unspecified atom stereocenters. The molecule has 1 aliphatic rings. The van der Waals surface area contributed by atoms with E-state index in [0.29, 0.717) is 0 Å². The summed E-state index contributed by atoms with van der Waals surface area (Å²) in [5, 5.41) is 2.62. The average Bonchev–Trinajstić information content (AvgIpc) is 2.84. The Morgan fingerprint density at radius 1 is 1.00 bits per heavy atom. The summed E-state index contributed by atoms with van der Waals surface area (Å²) in [7, 11) is 0. The lowest BCUT2D eigenvalue weighted by atomic mass is 10.1. The van der Waals surface area contributed by atoms with Gasteiger partial charge in [-0.2, -0.15) is 0 Å². The van der Waals surface area contributed by atoms with Crippen molar-refractivity contribution in [3.8, 4) is 0 Å². The summed E-state index contributed by atoms with van der Waals surface area (Å²) in [5.74, 6) is -2.83. The minimum Gasteiger partial charge on any atom is -0.352 e. The van der Waals surface area contributed by atoms with Crippen LogP contribution in [0.1, 0.15) is 32.7 Å². The van der Waals surface area contributed by atoms with Gasteiger partial charge in [0.1, 0.15) is 11.6 Å². The van der Waals surface area contributed by atoms with Gasteiger partial charge in [0.2, 0.25) is 5.91 Å².